The zero-order valence-corrected chi connectivity index (χ0v) is 6.65. The molecule has 0 bridgehead atoms. The zero-order valence-electron chi connectivity index (χ0n) is 5.90. The van der Waals surface area contributed by atoms with Crippen molar-refractivity contribution in [3.8, 4) is 0 Å². The third kappa shape index (κ3) is 2.02. The highest BCUT2D eigenvalue weighted by Gasteiger charge is 2.03. The first kappa shape index (κ1) is 8.21. The van der Waals surface area contributed by atoms with E-state index in [0.29, 0.717) is 5.56 Å². The van der Waals surface area contributed by atoms with Crippen LogP contribution in [0.1, 0.15) is 15.9 Å². The Balaban J connectivity index is 3.19. The lowest BCUT2D eigenvalue weighted by Gasteiger charge is -1.96. The minimum absolute atomic E-state index is 0.198. The van der Waals surface area contributed by atoms with Gasteiger partial charge in [0, 0.05) is 5.56 Å². The second-order valence-electron chi connectivity index (χ2n) is 2.29. The summed E-state index contributed by atoms with van der Waals surface area (Å²) in [6, 6.07) is 3.99. The van der Waals surface area contributed by atoms with Crippen LogP contribution in [0.3, 0.4) is 0 Å². The smallest absolute Gasteiger partial charge is 0.252 e. The maximum absolute atomic E-state index is 12.6. The van der Waals surface area contributed by atoms with Gasteiger partial charge in [-0.3, -0.25) is 4.79 Å². The van der Waals surface area contributed by atoms with Gasteiger partial charge in [0.1, 0.15) is 5.82 Å². The van der Waals surface area contributed by atoms with Gasteiger partial charge in [0.2, 0.25) is 0 Å². The summed E-state index contributed by atoms with van der Waals surface area (Å²) >= 11 is 5.14. The van der Waals surface area contributed by atoms with Crippen LogP contribution < -0.4 is 0 Å². The van der Waals surface area contributed by atoms with Gasteiger partial charge in [-0.05, 0) is 42.3 Å². The van der Waals surface area contributed by atoms with E-state index in [2.05, 4.69) is 0 Å². The van der Waals surface area contributed by atoms with Crippen LogP contribution in [0, 0.1) is 12.7 Å². The average Bonchev–Trinajstić information content (AvgIpc) is 1.85. The normalized spacial score (nSPS) is 9.73. The first-order valence-electron chi connectivity index (χ1n) is 3.06. The molecule has 0 heterocycles. The monoisotopic (exact) mass is 172 g/mol. The maximum atomic E-state index is 12.6. The number of carbonyl (C=O) groups is 1. The number of carbonyl (C=O) groups excluding carboxylic acids is 1. The maximum Gasteiger partial charge on any atom is 0.252 e. The zero-order chi connectivity index (χ0) is 8.43. The molecule has 0 atom stereocenters. The fourth-order valence-electron chi connectivity index (χ4n) is 0.850. The molecule has 11 heavy (non-hydrogen) atoms. The summed E-state index contributed by atoms with van der Waals surface area (Å²) in [6.07, 6.45) is 0. The largest absolute Gasteiger partial charge is 0.276 e. The molecular weight excluding hydrogens is 167 g/mol. The molecule has 58 valence electrons. The molecule has 1 rings (SSSR count). The minimum atomic E-state index is -0.632. The van der Waals surface area contributed by atoms with Gasteiger partial charge >= 0.3 is 0 Å². The second-order valence-corrected chi connectivity index (χ2v) is 2.63. The molecule has 3 heteroatoms. The predicted molar refractivity (Wildman–Crippen MR) is 41.3 cm³/mol. The summed E-state index contributed by atoms with van der Waals surface area (Å²) in [5.74, 6) is -0.436. The van der Waals surface area contributed by atoms with Crippen LogP contribution in [0.2, 0.25) is 0 Å². The topological polar surface area (TPSA) is 17.1 Å². The van der Waals surface area contributed by atoms with E-state index in [0.717, 1.165) is 6.07 Å². The summed E-state index contributed by atoms with van der Waals surface area (Å²) in [5.41, 5.74) is 0.887. The molecular formula is C8H6ClFO. The van der Waals surface area contributed by atoms with Gasteiger partial charge in [-0.2, -0.15) is 0 Å². The van der Waals surface area contributed by atoms with E-state index >= 15 is 0 Å². The summed E-state index contributed by atoms with van der Waals surface area (Å²) in [7, 11) is 0. The lowest BCUT2D eigenvalue weighted by molar-refractivity contribution is 0.108. The standard InChI is InChI=1S/C8H6ClFO/c1-5-2-6(8(9)11)4-7(10)3-5/h2-4H,1H3. The van der Waals surface area contributed by atoms with E-state index in [-0.39, 0.29) is 5.56 Å². The highest BCUT2D eigenvalue weighted by atomic mass is 35.5. The van der Waals surface area contributed by atoms with Crippen molar-refractivity contribution in [2.24, 2.45) is 0 Å². The molecule has 0 aliphatic carbocycles. The molecule has 0 saturated carbocycles. The highest BCUT2D eigenvalue weighted by molar-refractivity contribution is 6.67. The van der Waals surface area contributed by atoms with Crippen molar-refractivity contribution in [2.45, 2.75) is 6.92 Å². The van der Waals surface area contributed by atoms with E-state index in [1.807, 2.05) is 0 Å². The number of hydrogen-bond acceptors (Lipinski definition) is 1. The molecule has 0 spiro atoms. The number of hydrogen-bond donors (Lipinski definition) is 0. The lowest BCUT2D eigenvalue weighted by Crippen LogP contribution is -1.90. The molecule has 0 saturated heterocycles. The average molecular weight is 173 g/mol. The van der Waals surface area contributed by atoms with Crippen LogP contribution in [0.25, 0.3) is 0 Å². The first-order valence-corrected chi connectivity index (χ1v) is 3.44. The Morgan fingerprint density at radius 1 is 1.45 bits per heavy atom. The van der Waals surface area contributed by atoms with Crippen molar-refractivity contribution in [3.63, 3.8) is 0 Å². The van der Waals surface area contributed by atoms with Crippen molar-refractivity contribution >= 4 is 16.8 Å². The Morgan fingerprint density at radius 2 is 2.09 bits per heavy atom. The van der Waals surface area contributed by atoms with Crippen LogP contribution in [-0.2, 0) is 0 Å². The Morgan fingerprint density at radius 3 is 2.55 bits per heavy atom. The van der Waals surface area contributed by atoms with Gasteiger partial charge in [0.15, 0.2) is 0 Å². The van der Waals surface area contributed by atoms with Gasteiger partial charge in [-0.15, -0.1) is 0 Å². The summed E-state index contributed by atoms with van der Waals surface area (Å²) < 4.78 is 12.6. The fourth-order valence-corrected chi connectivity index (χ4v) is 0.959. The molecule has 0 aliphatic heterocycles. The van der Waals surface area contributed by atoms with Crippen molar-refractivity contribution in [2.75, 3.05) is 0 Å². The van der Waals surface area contributed by atoms with Gasteiger partial charge in [-0.25, -0.2) is 4.39 Å². The molecule has 0 N–H and O–H groups in total. The molecule has 0 aliphatic rings. The van der Waals surface area contributed by atoms with Crippen LogP contribution in [-0.4, -0.2) is 5.24 Å². The molecule has 1 aromatic rings. The molecule has 0 aromatic heterocycles. The summed E-state index contributed by atoms with van der Waals surface area (Å²) in [4.78, 5) is 10.5. The Labute approximate surface area is 68.8 Å². The van der Waals surface area contributed by atoms with Crippen molar-refractivity contribution in [1.82, 2.24) is 0 Å². The van der Waals surface area contributed by atoms with Crippen molar-refractivity contribution < 1.29 is 9.18 Å². The van der Waals surface area contributed by atoms with Crippen molar-refractivity contribution in [3.05, 3.63) is 35.1 Å². The number of halogens is 2. The first-order chi connectivity index (χ1) is 5.09. The quantitative estimate of drug-likeness (QED) is 0.595. The second kappa shape index (κ2) is 3.01. The number of aryl methyl sites for hydroxylation is 1. The van der Waals surface area contributed by atoms with Crippen LogP contribution in [0.4, 0.5) is 4.39 Å². The van der Waals surface area contributed by atoms with Crippen molar-refractivity contribution in [1.29, 1.82) is 0 Å². The molecule has 0 unspecified atom stereocenters. The van der Waals surface area contributed by atoms with Gasteiger partial charge in [-0.1, -0.05) is 0 Å². The third-order valence-electron chi connectivity index (χ3n) is 1.27. The fraction of sp³-hybridized carbons (Fsp3) is 0.125. The Bertz CT molecular complexity index is 276. The molecule has 0 fully saturated rings. The van der Waals surface area contributed by atoms with E-state index < -0.39 is 11.1 Å². The Hall–Kier alpha value is -0.890. The van der Waals surface area contributed by atoms with E-state index in [4.69, 9.17) is 11.6 Å². The highest BCUT2D eigenvalue weighted by Crippen LogP contribution is 2.10. The van der Waals surface area contributed by atoms with Crippen LogP contribution >= 0.6 is 11.6 Å². The van der Waals surface area contributed by atoms with Gasteiger partial charge in [0.25, 0.3) is 5.24 Å². The molecule has 0 radical (unpaired) electrons. The number of benzene rings is 1. The Kier molecular flexibility index (Phi) is 2.25. The van der Waals surface area contributed by atoms with E-state index in [1.165, 1.54) is 6.07 Å². The molecule has 1 nitrogen and oxygen atoms in total. The molecule has 1 aromatic carbocycles. The predicted octanol–water partition coefficient (Wildman–Crippen LogP) is 2.51. The van der Waals surface area contributed by atoms with E-state index in [1.54, 1.807) is 13.0 Å². The van der Waals surface area contributed by atoms with E-state index in [9.17, 15) is 9.18 Å². The lowest BCUT2D eigenvalue weighted by atomic mass is 10.1. The van der Waals surface area contributed by atoms with Gasteiger partial charge in [0.05, 0.1) is 0 Å². The van der Waals surface area contributed by atoms with Crippen LogP contribution in [0.15, 0.2) is 18.2 Å². The summed E-state index contributed by atoms with van der Waals surface area (Å²) in [5, 5.41) is -0.632. The number of rotatable bonds is 1. The van der Waals surface area contributed by atoms with Gasteiger partial charge < -0.3 is 0 Å². The third-order valence-corrected chi connectivity index (χ3v) is 1.49. The minimum Gasteiger partial charge on any atom is -0.276 e. The van der Waals surface area contributed by atoms with Crippen LogP contribution in [0.5, 0.6) is 0 Å². The molecule has 0 amide bonds. The SMILES string of the molecule is Cc1cc(F)cc(C(=O)Cl)c1. The summed E-state index contributed by atoms with van der Waals surface area (Å²) in [6.45, 7) is 1.70.